The van der Waals surface area contributed by atoms with Crippen molar-refractivity contribution in [3.8, 4) is 11.6 Å². The molecule has 0 radical (unpaired) electrons. The van der Waals surface area contributed by atoms with Crippen LogP contribution in [0.3, 0.4) is 0 Å². The Hall–Kier alpha value is -3.28. The van der Waals surface area contributed by atoms with Crippen LogP contribution >= 0.6 is 0 Å². The molecule has 2 heterocycles. The number of hydrogen-bond donors (Lipinski definition) is 1. The topological polar surface area (TPSA) is 65.4 Å². The van der Waals surface area contributed by atoms with Crippen LogP contribution in [0.4, 0.5) is 5.82 Å². The number of aryl methyl sites for hydroxylation is 1. The third kappa shape index (κ3) is 6.13. The van der Waals surface area contributed by atoms with E-state index < -0.39 is 0 Å². The van der Waals surface area contributed by atoms with E-state index in [0.717, 1.165) is 34.8 Å². The molecule has 0 spiro atoms. The maximum absolute atomic E-state index is 13.0. The summed E-state index contributed by atoms with van der Waals surface area (Å²) in [6.07, 6.45) is 5.18. The van der Waals surface area contributed by atoms with Crippen LogP contribution in [0.25, 0.3) is 10.9 Å². The zero-order valence-electron chi connectivity index (χ0n) is 20.1. The number of benzene rings is 1. The third-order valence-corrected chi connectivity index (χ3v) is 4.77. The summed E-state index contributed by atoms with van der Waals surface area (Å²) in [7, 11) is 1.65. The number of nitrogens with one attached hydrogen (secondary N) is 1. The fourth-order valence-corrected chi connectivity index (χ4v) is 3.38. The van der Waals surface area contributed by atoms with E-state index in [1.807, 2.05) is 58.0 Å². The van der Waals surface area contributed by atoms with Crippen molar-refractivity contribution in [3.63, 3.8) is 0 Å². The summed E-state index contributed by atoms with van der Waals surface area (Å²) in [6, 6.07) is 11.4. The van der Waals surface area contributed by atoms with Crippen molar-refractivity contribution in [3.05, 3.63) is 70.0 Å². The normalized spacial score (nSPS) is 10.7. The molecule has 3 aromatic rings. The fraction of sp³-hybridized carbons (Fsp3) is 0.385. The molecule has 1 N–H and O–H groups in total. The Morgan fingerprint density at radius 3 is 2.62 bits per heavy atom. The van der Waals surface area contributed by atoms with Gasteiger partial charge in [0.2, 0.25) is 5.88 Å². The lowest BCUT2D eigenvalue weighted by Crippen LogP contribution is -2.17. The molecule has 2 aromatic heterocycles. The highest BCUT2D eigenvalue weighted by Gasteiger charge is 2.15. The van der Waals surface area contributed by atoms with Crippen molar-refractivity contribution in [2.24, 2.45) is 0 Å². The quantitative estimate of drug-likeness (QED) is 0.417. The highest BCUT2D eigenvalue weighted by molar-refractivity contribution is 5.86. The van der Waals surface area contributed by atoms with Gasteiger partial charge in [0.15, 0.2) is 5.43 Å². The number of rotatable bonds is 9. The molecule has 0 aliphatic carbocycles. The van der Waals surface area contributed by atoms with E-state index >= 15 is 0 Å². The highest BCUT2D eigenvalue weighted by atomic mass is 16.5. The van der Waals surface area contributed by atoms with E-state index in [4.69, 9.17) is 9.47 Å². The Morgan fingerprint density at radius 1 is 1.16 bits per heavy atom. The van der Waals surface area contributed by atoms with Crippen LogP contribution in [0.15, 0.2) is 53.3 Å². The molecule has 1 aromatic carbocycles. The van der Waals surface area contributed by atoms with E-state index in [9.17, 15) is 4.79 Å². The van der Waals surface area contributed by atoms with Crippen molar-refractivity contribution in [1.29, 1.82) is 0 Å². The second-order valence-corrected chi connectivity index (χ2v) is 6.99. The second kappa shape index (κ2) is 12.5. The van der Waals surface area contributed by atoms with Crippen molar-refractivity contribution in [2.75, 3.05) is 19.0 Å². The maximum atomic E-state index is 13.0. The number of methoxy groups -OCH3 is 1. The first-order valence-corrected chi connectivity index (χ1v) is 11.3. The van der Waals surface area contributed by atoms with Crippen LogP contribution in [-0.2, 0) is 13.1 Å². The summed E-state index contributed by atoms with van der Waals surface area (Å²) in [5.41, 5.74) is 2.58. The second-order valence-electron chi connectivity index (χ2n) is 6.99. The molecule has 0 bridgehead atoms. The molecule has 0 saturated carbocycles. The molecule has 0 saturated heterocycles. The van der Waals surface area contributed by atoms with Crippen LogP contribution in [-0.4, -0.2) is 23.3 Å². The molecule has 0 amide bonds. The smallest absolute Gasteiger partial charge is 0.227 e. The van der Waals surface area contributed by atoms with Crippen LogP contribution in [0, 0.1) is 6.92 Å². The standard InChI is InChI=1S/C24H29N3O3.C2H6.H2/c1-5-7-8-12-27-20-13-17(3)26-24(30-6-2)23(20)21(28)15-22(27)25-16-18-10-9-11-19(14-18)29-4;1-2;/h7-11,13-15,25H,5-6,12,16H2,1-4H3;1-2H3;1H/b8-7+;;. The number of ether oxygens (including phenoxy) is 2. The first kappa shape index (κ1) is 25.0. The largest absolute Gasteiger partial charge is 0.497 e. The van der Waals surface area contributed by atoms with Crippen LogP contribution in [0.1, 0.15) is 46.8 Å². The van der Waals surface area contributed by atoms with Crippen molar-refractivity contribution in [2.45, 2.75) is 54.1 Å². The minimum Gasteiger partial charge on any atom is -0.497 e. The van der Waals surface area contributed by atoms with Gasteiger partial charge in [-0.1, -0.05) is 45.1 Å². The van der Waals surface area contributed by atoms with Crippen LogP contribution in [0.2, 0.25) is 0 Å². The molecular formula is C26H37N3O3. The first-order valence-electron chi connectivity index (χ1n) is 11.3. The highest BCUT2D eigenvalue weighted by Crippen LogP contribution is 2.25. The summed E-state index contributed by atoms with van der Waals surface area (Å²) in [5, 5.41) is 3.94. The summed E-state index contributed by atoms with van der Waals surface area (Å²) in [4.78, 5) is 17.4. The summed E-state index contributed by atoms with van der Waals surface area (Å²) in [6.45, 7) is 11.6. The Kier molecular flexibility index (Phi) is 9.79. The predicted molar refractivity (Wildman–Crippen MR) is 135 cm³/mol. The van der Waals surface area contributed by atoms with Gasteiger partial charge in [0.05, 0.1) is 19.2 Å². The number of fused-ring (bicyclic) bond motifs is 1. The number of nitrogens with zero attached hydrogens (tertiary/aromatic N) is 2. The van der Waals surface area contributed by atoms with Crippen molar-refractivity contribution < 1.29 is 10.9 Å². The average molecular weight is 440 g/mol. The number of hydrogen-bond acceptors (Lipinski definition) is 5. The van der Waals surface area contributed by atoms with E-state index in [2.05, 4.69) is 33.9 Å². The van der Waals surface area contributed by atoms with Gasteiger partial charge in [-0.2, -0.15) is 0 Å². The van der Waals surface area contributed by atoms with Crippen LogP contribution in [0.5, 0.6) is 11.6 Å². The van der Waals surface area contributed by atoms with Gasteiger partial charge in [-0.3, -0.25) is 4.79 Å². The summed E-state index contributed by atoms with van der Waals surface area (Å²) >= 11 is 0. The fourth-order valence-electron chi connectivity index (χ4n) is 3.38. The lowest BCUT2D eigenvalue weighted by Gasteiger charge is -2.18. The van der Waals surface area contributed by atoms with Crippen LogP contribution < -0.4 is 20.2 Å². The van der Waals surface area contributed by atoms with Gasteiger partial charge in [0, 0.05) is 26.3 Å². The number of pyridine rings is 2. The Bertz CT molecular complexity index is 1110. The number of allylic oxidation sites excluding steroid dienone is 2. The van der Waals surface area contributed by atoms with Crippen molar-refractivity contribution in [1.82, 2.24) is 9.55 Å². The van der Waals surface area contributed by atoms with Gasteiger partial charge in [0.1, 0.15) is 17.0 Å². The molecule has 3 rings (SSSR count). The lowest BCUT2D eigenvalue weighted by atomic mass is 10.2. The van der Waals surface area contributed by atoms with Gasteiger partial charge in [-0.05, 0) is 44.0 Å². The Morgan fingerprint density at radius 2 is 1.94 bits per heavy atom. The zero-order chi connectivity index (χ0) is 23.5. The molecular weight excluding hydrogens is 402 g/mol. The molecule has 6 nitrogen and oxygen atoms in total. The predicted octanol–water partition coefficient (Wildman–Crippen LogP) is 5.96. The summed E-state index contributed by atoms with van der Waals surface area (Å²) < 4.78 is 13.1. The third-order valence-electron chi connectivity index (χ3n) is 4.77. The average Bonchev–Trinajstić information content (AvgIpc) is 2.80. The van der Waals surface area contributed by atoms with Gasteiger partial charge < -0.3 is 19.4 Å². The number of aromatic nitrogens is 2. The van der Waals surface area contributed by atoms with E-state index in [1.165, 1.54) is 0 Å². The monoisotopic (exact) mass is 439 g/mol. The Balaban J connectivity index is 0.00000177. The zero-order valence-corrected chi connectivity index (χ0v) is 20.1. The van der Waals surface area contributed by atoms with Gasteiger partial charge in [-0.15, -0.1) is 0 Å². The molecule has 0 aliphatic rings. The van der Waals surface area contributed by atoms with Gasteiger partial charge >= 0.3 is 0 Å². The first-order chi connectivity index (χ1) is 15.6. The number of anilines is 1. The molecule has 6 heteroatoms. The van der Waals surface area contributed by atoms with Gasteiger partial charge in [-0.25, -0.2) is 4.98 Å². The lowest BCUT2D eigenvalue weighted by molar-refractivity contribution is 0.330. The van der Waals surface area contributed by atoms with E-state index in [1.54, 1.807) is 13.2 Å². The van der Waals surface area contributed by atoms with Gasteiger partial charge in [0.25, 0.3) is 0 Å². The minimum absolute atomic E-state index is 0. The molecule has 0 fully saturated rings. The van der Waals surface area contributed by atoms with Crippen molar-refractivity contribution >= 4 is 16.7 Å². The maximum Gasteiger partial charge on any atom is 0.227 e. The molecule has 0 unspecified atom stereocenters. The molecule has 0 atom stereocenters. The summed E-state index contributed by atoms with van der Waals surface area (Å²) in [5.74, 6) is 1.95. The molecule has 32 heavy (non-hydrogen) atoms. The van der Waals surface area contributed by atoms with E-state index in [-0.39, 0.29) is 6.86 Å². The molecule has 0 aliphatic heterocycles. The SMILES string of the molecule is CC.CC/C=C/Cn1c(NCc2cccc(OC)c2)cc(=O)c2c(OCC)nc(C)cc21.[HH]. The Labute approximate surface area is 192 Å². The van der Waals surface area contributed by atoms with E-state index in [0.29, 0.717) is 31.0 Å². The molecule has 174 valence electrons. The minimum atomic E-state index is -0.107.